The third-order valence-electron chi connectivity index (χ3n) is 1.96. The summed E-state index contributed by atoms with van der Waals surface area (Å²) < 4.78 is 0. The average molecular weight is 116 g/mol. The summed E-state index contributed by atoms with van der Waals surface area (Å²) in [6.07, 6.45) is 5.83. The molecule has 0 radical (unpaired) electrons. The van der Waals surface area contributed by atoms with Crippen molar-refractivity contribution in [2.24, 2.45) is 5.41 Å². The van der Waals surface area contributed by atoms with Crippen LogP contribution in [-0.2, 0) is 0 Å². The first-order chi connectivity index (χ1) is 3.21. The molecule has 1 nitrogen and oxygen atoms in total. The lowest BCUT2D eigenvalue weighted by molar-refractivity contribution is 0.382. The molecule has 0 aromatic rings. The molecule has 1 rings (SSSR count). The topological polar surface area (TPSA) is 31.5 Å². The fourth-order valence-electron chi connectivity index (χ4n) is 1.33. The molecule has 8 heavy (non-hydrogen) atoms. The molecule has 1 heteroatoms. The maximum atomic E-state index is 2.36. The minimum atomic E-state index is 0. The third-order valence-corrected chi connectivity index (χ3v) is 1.96. The van der Waals surface area contributed by atoms with E-state index in [-0.39, 0.29) is 5.48 Å². The number of rotatable bonds is 0. The smallest absolute Gasteiger partial charge is 0.0354 e. The van der Waals surface area contributed by atoms with Crippen LogP contribution >= 0.6 is 0 Å². The van der Waals surface area contributed by atoms with Crippen LogP contribution in [0.1, 0.15) is 39.5 Å². The Hall–Kier alpha value is -0.0400. The zero-order chi connectivity index (χ0) is 5.33. The predicted molar refractivity (Wildman–Crippen MR) is 35.9 cm³/mol. The van der Waals surface area contributed by atoms with Crippen LogP contribution in [0.25, 0.3) is 0 Å². The van der Waals surface area contributed by atoms with Crippen LogP contribution in [0.15, 0.2) is 0 Å². The van der Waals surface area contributed by atoms with Crippen LogP contribution in [0.4, 0.5) is 0 Å². The molecule has 0 bridgehead atoms. The Morgan fingerprint density at radius 3 is 1.50 bits per heavy atom. The van der Waals surface area contributed by atoms with E-state index in [1.807, 2.05) is 0 Å². The van der Waals surface area contributed by atoms with Gasteiger partial charge in [0.2, 0.25) is 0 Å². The molecular weight excluding hydrogens is 100 g/mol. The molecular formula is C7H16O. The van der Waals surface area contributed by atoms with Crippen molar-refractivity contribution < 1.29 is 5.48 Å². The lowest BCUT2D eigenvalue weighted by Gasteiger charge is -2.13. The van der Waals surface area contributed by atoms with Gasteiger partial charge in [0.25, 0.3) is 0 Å². The molecule has 0 amide bonds. The van der Waals surface area contributed by atoms with E-state index in [9.17, 15) is 0 Å². The van der Waals surface area contributed by atoms with Gasteiger partial charge < -0.3 is 5.48 Å². The molecule has 0 saturated heterocycles. The standard InChI is InChI=1S/C7H14.H2O/c1-7(2)5-3-4-6-7;/h3-6H2,1-2H3;1H2. The van der Waals surface area contributed by atoms with Gasteiger partial charge in [-0.3, -0.25) is 0 Å². The largest absolute Gasteiger partial charge is 0.412 e. The molecule has 0 aliphatic heterocycles. The Balaban J connectivity index is 0.000000490. The Labute approximate surface area is 51.4 Å². The van der Waals surface area contributed by atoms with E-state index >= 15 is 0 Å². The van der Waals surface area contributed by atoms with Crippen molar-refractivity contribution in [1.82, 2.24) is 0 Å². The summed E-state index contributed by atoms with van der Waals surface area (Å²) in [6.45, 7) is 4.72. The van der Waals surface area contributed by atoms with Gasteiger partial charge in [-0.1, -0.05) is 26.7 Å². The highest BCUT2D eigenvalue weighted by molar-refractivity contribution is 4.74. The van der Waals surface area contributed by atoms with Gasteiger partial charge in [0.15, 0.2) is 0 Å². The summed E-state index contributed by atoms with van der Waals surface area (Å²) in [5, 5.41) is 0. The quantitative estimate of drug-likeness (QED) is 0.462. The fraction of sp³-hybridized carbons (Fsp3) is 1.00. The molecule has 1 aliphatic rings. The van der Waals surface area contributed by atoms with Gasteiger partial charge in [-0.25, -0.2) is 0 Å². The first-order valence-electron chi connectivity index (χ1n) is 3.21. The minimum Gasteiger partial charge on any atom is -0.412 e. The Morgan fingerprint density at radius 2 is 1.38 bits per heavy atom. The van der Waals surface area contributed by atoms with E-state index in [1.165, 1.54) is 25.7 Å². The van der Waals surface area contributed by atoms with Crippen LogP contribution < -0.4 is 0 Å². The maximum absolute atomic E-state index is 2.36. The molecule has 1 aliphatic carbocycles. The van der Waals surface area contributed by atoms with Crippen LogP contribution in [0.2, 0.25) is 0 Å². The second kappa shape index (κ2) is 2.49. The lowest BCUT2D eigenvalue weighted by atomic mass is 9.92. The third kappa shape index (κ3) is 1.83. The minimum absolute atomic E-state index is 0. The second-order valence-electron chi connectivity index (χ2n) is 3.37. The molecule has 2 N–H and O–H groups in total. The Bertz CT molecular complexity index is 58.8. The lowest BCUT2D eigenvalue weighted by Crippen LogP contribution is -2.01. The highest BCUT2D eigenvalue weighted by Gasteiger charge is 2.21. The SMILES string of the molecule is CC1(C)CCCC1.O. The van der Waals surface area contributed by atoms with Crippen molar-refractivity contribution in [3.05, 3.63) is 0 Å². The average Bonchev–Trinajstić information content (AvgIpc) is 1.84. The summed E-state index contributed by atoms with van der Waals surface area (Å²) in [5.41, 5.74) is 0.694. The van der Waals surface area contributed by atoms with Crippen LogP contribution in [0.3, 0.4) is 0 Å². The van der Waals surface area contributed by atoms with E-state index in [0.717, 1.165) is 0 Å². The van der Waals surface area contributed by atoms with Crippen LogP contribution in [0, 0.1) is 5.41 Å². The van der Waals surface area contributed by atoms with Crippen LogP contribution in [0.5, 0.6) is 0 Å². The van der Waals surface area contributed by atoms with Crippen molar-refractivity contribution in [2.75, 3.05) is 0 Å². The normalized spacial score (nSPS) is 24.8. The predicted octanol–water partition coefficient (Wildman–Crippen LogP) is 1.76. The van der Waals surface area contributed by atoms with Crippen molar-refractivity contribution >= 4 is 0 Å². The van der Waals surface area contributed by atoms with Crippen molar-refractivity contribution in [1.29, 1.82) is 0 Å². The summed E-state index contributed by atoms with van der Waals surface area (Å²) in [5.74, 6) is 0. The molecule has 1 saturated carbocycles. The highest BCUT2D eigenvalue weighted by Crippen LogP contribution is 2.36. The molecule has 0 unspecified atom stereocenters. The van der Waals surface area contributed by atoms with Gasteiger partial charge in [0.05, 0.1) is 0 Å². The first-order valence-corrected chi connectivity index (χ1v) is 3.21. The fourth-order valence-corrected chi connectivity index (χ4v) is 1.33. The number of hydrogen-bond donors (Lipinski definition) is 0. The molecule has 0 heterocycles. The first kappa shape index (κ1) is 7.96. The van der Waals surface area contributed by atoms with Gasteiger partial charge >= 0.3 is 0 Å². The molecule has 0 atom stereocenters. The molecule has 1 fully saturated rings. The van der Waals surface area contributed by atoms with E-state index in [0.29, 0.717) is 5.41 Å². The highest BCUT2D eigenvalue weighted by atomic mass is 16.0. The van der Waals surface area contributed by atoms with Gasteiger partial charge in [-0.05, 0) is 18.3 Å². The molecule has 0 aromatic carbocycles. The zero-order valence-electron chi connectivity index (χ0n) is 5.83. The van der Waals surface area contributed by atoms with Crippen molar-refractivity contribution in [3.63, 3.8) is 0 Å². The summed E-state index contributed by atoms with van der Waals surface area (Å²) in [6, 6.07) is 0. The van der Waals surface area contributed by atoms with E-state index < -0.39 is 0 Å². The van der Waals surface area contributed by atoms with Crippen LogP contribution in [-0.4, -0.2) is 5.48 Å². The monoisotopic (exact) mass is 116 g/mol. The molecule has 0 spiro atoms. The van der Waals surface area contributed by atoms with Gasteiger partial charge in [-0.15, -0.1) is 0 Å². The molecule has 0 aromatic heterocycles. The molecule has 50 valence electrons. The van der Waals surface area contributed by atoms with E-state index in [2.05, 4.69) is 13.8 Å². The van der Waals surface area contributed by atoms with Gasteiger partial charge in [-0.2, -0.15) is 0 Å². The zero-order valence-corrected chi connectivity index (χ0v) is 5.83. The maximum Gasteiger partial charge on any atom is -0.0354 e. The van der Waals surface area contributed by atoms with Crippen molar-refractivity contribution in [3.8, 4) is 0 Å². The van der Waals surface area contributed by atoms with Crippen molar-refractivity contribution in [2.45, 2.75) is 39.5 Å². The number of hydrogen-bond acceptors (Lipinski definition) is 0. The summed E-state index contributed by atoms with van der Waals surface area (Å²) >= 11 is 0. The summed E-state index contributed by atoms with van der Waals surface area (Å²) in [7, 11) is 0. The summed E-state index contributed by atoms with van der Waals surface area (Å²) in [4.78, 5) is 0. The van der Waals surface area contributed by atoms with Gasteiger partial charge in [0, 0.05) is 0 Å². The van der Waals surface area contributed by atoms with E-state index in [1.54, 1.807) is 0 Å². The Morgan fingerprint density at radius 1 is 1.00 bits per heavy atom. The van der Waals surface area contributed by atoms with Gasteiger partial charge in [0.1, 0.15) is 0 Å². The Kier molecular flexibility index (Phi) is 2.48. The van der Waals surface area contributed by atoms with E-state index in [4.69, 9.17) is 0 Å². The second-order valence-corrected chi connectivity index (χ2v) is 3.37.